The van der Waals surface area contributed by atoms with E-state index in [0.29, 0.717) is 24.8 Å². The molecular weight excluding hydrogens is 416 g/mol. The lowest BCUT2D eigenvalue weighted by molar-refractivity contribution is -0.185. The highest BCUT2D eigenvalue weighted by atomic mass is 16.5. The van der Waals surface area contributed by atoms with Crippen LogP contribution in [0.3, 0.4) is 0 Å². The molecule has 0 saturated heterocycles. The fourth-order valence-corrected chi connectivity index (χ4v) is 8.15. The molecule has 0 amide bonds. The average molecular weight is 453 g/mol. The average Bonchev–Trinajstić information content (AvgIpc) is 3.06. The van der Waals surface area contributed by atoms with Crippen molar-refractivity contribution in [3.63, 3.8) is 0 Å². The number of carbonyl (C=O) groups is 3. The van der Waals surface area contributed by atoms with E-state index in [1.165, 1.54) is 0 Å². The van der Waals surface area contributed by atoms with Crippen molar-refractivity contribution in [1.82, 2.24) is 0 Å². The number of rotatable bonds is 2. The molecule has 5 nitrogen and oxygen atoms in total. The Morgan fingerprint density at radius 3 is 2.55 bits per heavy atom. The summed E-state index contributed by atoms with van der Waals surface area (Å²) in [4.78, 5) is 39.4. The highest BCUT2D eigenvalue weighted by Crippen LogP contribution is 2.66. The molecule has 2 saturated carbocycles. The first kappa shape index (κ1) is 22.8. The summed E-state index contributed by atoms with van der Waals surface area (Å²) in [5.74, 6) is -0.313. The lowest BCUT2D eigenvalue weighted by Crippen LogP contribution is -2.63. The van der Waals surface area contributed by atoms with Crippen LogP contribution >= 0.6 is 0 Å². The van der Waals surface area contributed by atoms with Gasteiger partial charge in [0.15, 0.2) is 5.78 Å². The number of carbonyl (C=O) groups excluding carboxylic acids is 3. The van der Waals surface area contributed by atoms with Gasteiger partial charge in [0.2, 0.25) is 0 Å². The molecule has 0 bridgehead atoms. The number of hydrogen-bond donors (Lipinski definition) is 1. The van der Waals surface area contributed by atoms with Gasteiger partial charge in [-0.05, 0) is 77.2 Å². The molecule has 1 heterocycles. The van der Waals surface area contributed by atoms with Crippen molar-refractivity contribution in [1.29, 1.82) is 0 Å². The molecule has 0 aromatic heterocycles. The zero-order valence-corrected chi connectivity index (χ0v) is 20.4. The SMILES string of the molecule is CC1=C(C)C(=O)O[C@@H]([C@@H](C)[C@@]2(O)CC[C@H]3[C@@H]4CC=C5CC=CC(=O)[C@]5(C)[C@H]4CC(=O)[C@@]32C)C1. The van der Waals surface area contributed by atoms with Gasteiger partial charge in [-0.2, -0.15) is 0 Å². The Morgan fingerprint density at radius 1 is 1.12 bits per heavy atom. The lowest BCUT2D eigenvalue weighted by Gasteiger charge is -2.57. The van der Waals surface area contributed by atoms with E-state index in [9.17, 15) is 19.5 Å². The quantitative estimate of drug-likeness (QED) is 0.493. The molecule has 4 aliphatic carbocycles. The highest BCUT2D eigenvalue weighted by Gasteiger charge is 2.70. The van der Waals surface area contributed by atoms with Crippen molar-refractivity contribution in [2.24, 2.45) is 34.5 Å². The summed E-state index contributed by atoms with van der Waals surface area (Å²) < 4.78 is 5.75. The molecule has 5 rings (SSSR count). The molecule has 0 radical (unpaired) electrons. The maximum Gasteiger partial charge on any atom is 0.333 e. The summed E-state index contributed by atoms with van der Waals surface area (Å²) in [6.07, 6.45) is 9.24. The first-order valence-electron chi connectivity index (χ1n) is 12.5. The van der Waals surface area contributed by atoms with Gasteiger partial charge in [-0.1, -0.05) is 30.2 Å². The fourth-order valence-electron chi connectivity index (χ4n) is 8.15. The van der Waals surface area contributed by atoms with E-state index in [0.717, 1.165) is 30.4 Å². The van der Waals surface area contributed by atoms with Gasteiger partial charge in [0.05, 0.1) is 16.4 Å². The van der Waals surface area contributed by atoms with Crippen molar-refractivity contribution < 1.29 is 24.2 Å². The maximum atomic E-state index is 13.9. The smallest absolute Gasteiger partial charge is 0.333 e. The largest absolute Gasteiger partial charge is 0.458 e. The van der Waals surface area contributed by atoms with Gasteiger partial charge in [-0.25, -0.2) is 4.79 Å². The monoisotopic (exact) mass is 452 g/mol. The van der Waals surface area contributed by atoms with Crippen LogP contribution in [0.2, 0.25) is 0 Å². The summed E-state index contributed by atoms with van der Waals surface area (Å²) in [7, 11) is 0. The van der Waals surface area contributed by atoms with Crippen molar-refractivity contribution in [2.75, 3.05) is 0 Å². The number of Topliss-reactive ketones (excluding diaryl/α,β-unsaturated/α-hetero) is 1. The van der Waals surface area contributed by atoms with E-state index in [1.54, 1.807) is 13.0 Å². The van der Waals surface area contributed by atoms with Crippen LogP contribution in [0.15, 0.2) is 34.9 Å². The van der Waals surface area contributed by atoms with Gasteiger partial charge in [0.1, 0.15) is 11.9 Å². The second kappa shape index (κ2) is 7.24. The molecule has 0 unspecified atom stereocenters. The minimum Gasteiger partial charge on any atom is -0.458 e. The second-order valence-electron chi connectivity index (χ2n) is 11.6. The van der Waals surface area contributed by atoms with Gasteiger partial charge in [0.25, 0.3) is 0 Å². The Hall–Kier alpha value is -2.01. The number of cyclic esters (lactones) is 1. The molecule has 1 N–H and O–H groups in total. The number of allylic oxidation sites excluding steroid dienone is 4. The molecule has 5 heteroatoms. The van der Waals surface area contributed by atoms with Gasteiger partial charge >= 0.3 is 5.97 Å². The first-order valence-corrected chi connectivity index (χ1v) is 12.5. The molecule has 8 atom stereocenters. The van der Waals surface area contributed by atoms with Crippen molar-refractivity contribution in [3.8, 4) is 0 Å². The number of ether oxygens (including phenoxy) is 1. The van der Waals surface area contributed by atoms with Crippen LogP contribution in [0, 0.1) is 34.5 Å². The molecular formula is C28H36O5. The fraction of sp³-hybridized carbons (Fsp3) is 0.679. The van der Waals surface area contributed by atoms with Crippen LogP contribution < -0.4 is 0 Å². The third kappa shape index (κ3) is 2.78. The van der Waals surface area contributed by atoms with Crippen molar-refractivity contribution in [2.45, 2.75) is 84.8 Å². The van der Waals surface area contributed by atoms with Crippen LogP contribution in [0.1, 0.15) is 73.1 Å². The minimum atomic E-state index is -1.24. The minimum absolute atomic E-state index is 0.0153. The molecule has 33 heavy (non-hydrogen) atoms. The van der Waals surface area contributed by atoms with Crippen LogP contribution in [0.25, 0.3) is 0 Å². The molecule has 0 aromatic rings. The Bertz CT molecular complexity index is 1030. The normalized spacial score (nSPS) is 45.8. The number of ketones is 2. The van der Waals surface area contributed by atoms with Gasteiger partial charge < -0.3 is 9.84 Å². The predicted molar refractivity (Wildman–Crippen MR) is 124 cm³/mol. The Labute approximate surface area is 196 Å². The van der Waals surface area contributed by atoms with Gasteiger partial charge in [0, 0.05) is 24.3 Å². The van der Waals surface area contributed by atoms with E-state index < -0.39 is 22.5 Å². The van der Waals surface area contributed by atoms with E-state index in [4.69, 9.17) is 4.74 Å². The van der Waals surface area contributed by atoms with Crippen molar-refractivity contribution >= 4 is 17.5 Å². The van der Waals surface area contributed by atoms with Gasteiger partial charge in [-0.3, -0.25) is 9.59 Å². The Balaban J connectivity index is 1.50. The highest BCUT2D eigenvalue weighted by molar-refractivity contribution is 6.00. The number of aliphatic hydroxyl groups is 1. The molecule has 0 spiro atoms. The topological polar surface area (TPSA) is 80.7 Å². The third-order valence-electron chi connectivity index (χ3n) is 10.7. The number of esters is 1. The van der Waals surface area contributed by atoms with Crippen LogP contribution in [-0.2, 0) is 19.1 Å². The van der Waals surface area contributed by atoms with E-state index in [1.807, 2.05) is 33.8 Å². The van der Waals surface area contributed by atoms with Crippen molar-refractivity contribution in [3.05, 3.63) is 34.9 Å². The van der Waals surface area contributed by atoms with E-state index >= 15 is 0 Å². The molecule has 5 aliphatic rings. The molecule has 178 valence electrons. The number of fused-ring (bicyclic) bond motifs is 5. The summed E-state index contributed by atoms with van der Waals surface area (Å²) in [5, 5.41) is 12.2. The van der Waals surface area contributed by atoms with Crippen LogP contribution in [0.5, 0.6) is 0 Å². The van der Waals surface area contributed by atoms with Gasteiger partial charge in [-0.15, -0.1) is 0 Å². The molecule has 2 fully saturated rings. The molecule has 0 aromatic carbocycles. The zero-order chi connectivity index (χ0) is 23.9. The van der Waals surface area contributed by atoms with E-state index in [-0.39, 0.29) is 41.2 Å². The van der Waals surface area contributed by atoms with Crippen LogP contribution in [-0.4, -0.2) is 34.3 Å². The summed E-state index contributed by atoms with van der Waals surface area (Å²) in [6, 6.07) is 0. The van der Waals surface area contributed by atoms with E-state index in [2.05, 4.69) is 6.08 Å². The summed E-state index contributed by atoms with van der Waals surface area (Å²) >= 11 is 0. The summed E-state index contributed by atoms with van der Waals surface area (Å²) in [6.45, 7) is 9.63. The van der Waals surface area contributed by atoms with Crippen LogP contribution in [0.4, 0.5) is 0 Å². The Morgan fingerprint density at radius 2 is 1.85 bits per heavy atom. The standard InChI is InChI=1S/C28H36O5/c1-15-13-22(33-25(31)16(15)2)17(3)28(32)12-11-20-19-10-9-18-7-6-8-23(29)26(18,4)21(19)14-24(30)27(20,28)5/h6,8-9,17,19-22,32H,7,10-14H2,1-5H3/t17-,19+,20+,21+,22-,26+,27-,28+/m1/s1. The lowest BCUT2D eigenvalue weighted by atomic mass is 9.46. The molecule has 1 aliphatic heterocycles. The maximum absolute atomic E-state index is 13.9. The Kier molecular flexibility index (Phi) is 5.00. The zero-order valence-electron chi connectivity index (χ0n) is 20.4. The third-order valence-corrected chi connectivity index (χ3v) is 10.7. The first-order chi connectivity index (χ1) is 15.5. The predicted octanol–water partition coefficient (Wildman–Crippen LogP) is 4.49. The number of hydrogen-bond acceptors (Lipinski definition) is 5. The summed E-state index contributed by atoms with van der Waals surface area (Å²) in [5.41, 5.74) is 0.0296. The second-order valence-corrected chi connectivity index (χ2v) is 11.6.